The number of nitrogens with zero attached hydrogens (tertiary/aromatic N) is 1. The first-order valence-corrected chi connectivity index (χ1v) is 12.7. The van der Waals surface area contributed by atoms with Crippen molar-refractivity contribution >= 4 is 35.8 Å². The first-order chi connectivity index (χ1) is 18.9. The maximum atomic E-state index is 13.2. The number of hydrogen-bond acceptors (Lipinski definition) is 10. The molecule has 1 N–H and O–H groups in total. The Hall–Kier alpha value is -4.54. The molecule has 2 aromatic rings. The van der Waals surface area contributed by atoms with E-state index in [9.17, 15) is 24.0 Å². The Morgan fingerprint density at radius 3 is 2.05 bits per heavy atom. The summed E-state index contributed by atoms with van der Waals surface area (Å²) < 4.78 is 20.3. The van der Waals surface area contributed by atoms with Gasteiger partial charge in [0, 0.05) is 17.5 Å². The molecule has 0 saturated heterocycles. The Kier molecular flexibility index (Phi) is 12.0. The van der Waals surface area contributed by atoms with Crippen molar-refractivity contribution in [3.63, 3.8) is 0 Å². The third-order valence-electron chi connectivity index (χ3n) is 5.08. The number of carbonyl (C=O) groups excluding carboxylic acids is 5. The Bertz CT molecular complexity index is 1210. The third-order valence-corrected chi connectivity index (χ3v) is 5.08. The van der Waals surface area contributed by atoms with E-state index in [2.05, 4.69) is 10.5 Å². The summed E-state index contributed by atoms with van der Waals surface area (Å²) in [7, 11) is 0. The standard InChI is InChI=1S/C29H34N2O9/c1-6-37-25(33)18-39-22-14-12-20(13-15-22)24(32)16-23(27(35)38-7-2)26(34)21-10-8-19(9-11-21)17-30-31-28(36)40-29(3,4)5/h8-15,17,23H,6-7,16,18H2,1-5H3,(H,31,36). The largest absolute Gasteiger partial charge is 0.482 e. The van der Waals surface area contributed by atoms with E-state index in [1.165, 1.54) is 42.6 Å². The molecular weight excluding hydrogens is 520 g/mol. The average Bonchev–Trinajstić information content (AvgIpc) is 2.90. The van der Waals surface area contributed by atoms with Crippen LogP contribution in [0.2, 0.25) is 0 Å². The van der Waals surface area contributed by atoms with Crippen molar-refractivity contribution in [3.8, 4) is 5.75 Å². The smallest absolute Gasteiger partial charge is 0.428 e. The summed E-state index contributed by atoms with van der Waals surface area (Å²) in [6.07, 6.45) is 0.255. The molecule has 0 aliphatic heterocycles. The van der Waals surface area contributed by atoms with E-state index < -0.39 is 47.5 Å². The Morgan fingerprint density at radius 2 is 1.48 bits per heavy atom. The summed E-state index contributed by atoms with van der Waals surface area (Å²) in [5.74, 6) is -3.33. The highest BCUT2D eigenvalue weighted by Gasteiger charge is 2.31. The molecule has 1 unspecified atom stereocenters. The zero-order chi connectivity index (χ0) is 29.7. The number of rotatable bonds is 13. The Balaban J connectivity index is 2.07. The number of hydrogen-bond donors (Lipinski definition) is 1. The summed E-state index contributed by atoms with van der Waals surface area (Å²) in [5.41, 5.74) is 2.61. The molecule has 0 bridgehead atoms. The Morgan fingerprint density at radius 1 is 0.875 bits per heavy atom. The molecule has 0 fully saturated rings. The van der Waals surface area contributed by atoms with Gasteiger partial charge in [-0.2, -0.15) is 5.10 Å². The number of amides is 1. The first kappa shape index (κ1) is 31.7. The highest BCUT2D eigenvalue weighted by atomic mass is 16.6. The molecule has 11 nitrogen and oxygen atoms in total. The molecule has 0 heterocycles. The van der Waals surface area contributed by atoms with E-state index in [0.717, 1.165) is 0 Å². The molecule has 0 aromatic heterocycles. The minimum Gasteiger partial charge on any atom is -0.482 e. The molecule has 0 saturated carbocycles. The third kappa shape index (κ3) is 10.7. The molecule has 11 heteroatoms. The number of esters is 2. The Labute approximate surface area is 232 Å². The zero-order valence-electron chi connectivity index (χ0n) is 23.2. The van der Waals surface area contributed by atoms with Gasteiger partial charge in [0.25, 0.3) is 0 Å². The van der Waals surface area contributed by atoms with Crippen molar-refractivity contribution in [1.29, 1.82) is 0 Å². The van der Waals surface area contributed by atoms with Gasteiger partial charge in [-0.15, -0.1) is 0 Å². The monoisotopic (exact) mass is 554 g/mol. The van der Waals surface area contributed by atoms with Crippen LogP contribution in [-0.4, -0.2) is 61.2 Å². The number of ether oxygens (including phenoxy) is 4. The van der Waals surface area contributed by atoms with E-state index in [1.54, 1.807) is 46.8 Å². The number of Topliss-reactive ketones (excluding diaryl/α,β-unsaturated/α-hetero) is 2. The fraction of sp³-hybridized carbons (Fsp3) is 0.379. The van der Waals surface area contributed by atoms with Gasteiger partial charge < -0.3 is 18.9 Å². The van der Waals surface area contributed by atoms with Gasteiger partial charge in [0.2, 0.25) is 0 Å². The minimum absolute atomic E-state index is 0.0450. The van der Waals surface area contributed by atoms with Crippen molar-refractivity contribution in [2.45, 2.75) is 46.6 Å². The normalized spacial score (nSPS) is 11.8. The maximum Gasteiger partial charge on any atom is 0.428 e. The SMILES string of the molecule is CCOC(=O)COc1ccc(C(=O)CC(C(=O)OCC)C(=O)c2ccc(C=NNC(=O)OC(C)(C)C)cc2)cc1. The van der Waals surface area contributed by atoms with Crippen molar-refractivity contribution in [2.24, 2.45) is 11.0 Å². The molecule has 0 radical (unpaired) electrons. The second kappa shape index (κ2) is 15.2. The molecule has 1 atom stereocenters. The molecule has 2 rings (SSSR count). The summed E-state index contributed by atoms with van der Waals surface area (Å²) in [4.78, 5) is 61.9. The lowest BCUT2D eigenvalue weighted by Gasteiger charge is -2.18. The second-order valence-corrected chi connectivity index (χ2v) is 9.41. The van der Waals surface area contributed by atoms with Crippen LogP contribution in [0.15, 0.2) is 53.6 Å². The highest BCUT2D eigenvalue weighted by Crippen LogP contribution is 2.20. The average molecular weight is 555 g/mol. The summed E-state index contributed by atoms with van der Waals surface area (Å²) in [6, 6.07) is 12.1. The molecule has 2 aromatic carbocycles. The van der Waals surface area contributed by atoms with Gasteiger partial charge in [-0.25, -0.2) is 15.0 Å². The van der Waals surface area contributed by atoms with Crippen LogP contribution in [-0.2, 0) is 23.8 Å². The second-order valence-electron chi connectivity index (χ2n) is 9.41. The van der Waals surface area contributed by atoms with Crippen molar-refractivity contribution in [1.82, 2.24) is 5.43 Å². The van der Waals surface area contributed by atoms with Gasteiger partial charge in [0.15, 0.2) is 18.2 Å². The van der Waals surface area contributed by atoms with Crippen LogP contribution in [0, 0.1) is 5.92 Å². The molecule has 1 amide bonds. The van der Waals surface area contributed by atoms with Gasteiger partial charge >= 0.3 is 18.0 Å². The van der Waals surface area contributed by atoms with Crippen molar-refractivity contribution < 1.29 is 42.9 Å². The van der Waals surface area contributed by atoms with E-state index >= 15 is 0 Å². The van der Waals surface area contributed by atoms with Crippen molar-refractivity contribution in [3.05, 3.63) is 65.2 Å². The first-order valence-electron chi connectivity index (χ1n) is 12.7. The van der Waals surface area contributed by atoms with Crippen LogP contribution < -0.4 is 10.2 Å². The quantitative estimate of drug-likeness (QED) is 0.0964. The minimum atomic E-state index is -1.35. The number of carbonyl (C=O) groups is 5. The van der Waals surface area contributed by atoms with Gasteiger partial charge in [-0.1, -0.05) is 24.3 Å². The lowest BCUT2D eigenvalue weighted by Crippen LogP contribution is -2.29. The van der Waals surface area contributed by atoms with Crippen molar-refractivity contribution in [2.75, 3.05) is 19.8 Å². The van der Waals surface area contributed by atoms with Crippen LogP contribution in [0.1, 0.15) is 67.3 Å². The topological polar surface area (TPSA) is 147 Å². The van der Waals surface area contributed by atoms with Crippen LogP contribution in [0.5, 0.6) is 5.75 Å². The molecule has 214 valence electrons. The van der Waals surface area contributed by atoms with E-state index in [0.29, 0.717) is 11.3 Å². The molecule has 0 aliphatic carbocycles. The van der Waals surface area contributed by atoms with E-state index in [4.69, 9.17) is 18.9 Å². The van der Waals surface area contributed by atoms with Gasteiger partial charge in [0.05, 0.1) is 19.4 Å². The van der Waals surface area contributed by atoms with Crippen LogP contribution in [0.25, 0.3) is 0 Å². The number of benzene rings is 2. The molecule has 0 aliphatic rings. The summed E-state index contributed by atoms with van der Waals surface area (Å²) in [5, 5.41) is 3.81. The fourth-order valence-corrected chi connectivity index (χ4v) is 3.31. The van der Waals surface area contributed by atoms with E-state index in [-0.39, 0.29) is 30.9 Å². The molecule has 0 spiro atoms. The van der Waals surface area contributed by atoms with Gasteiger partial charge in [0.1, 0.15) is 17.3 Å². The predicted octanol–water partition coefficient (Wildman–Crippen LogP) is 4.12. The van der Waals surface area contributed by atoms with Crippen LogP contribution >= 0.6 is 0 Å². The lowest BCUT2D eigenvalue weighted by molar-refractivity contribution is -0.146. The number of ketones is 2. The summed E-state index contributed by atoms with van der Waals surface area (Å²) >= 11 is 0. The van der Waals surface area contributed by atoms with Crippen LogP contribution in [0.3, 0.4) is 0 Å². The van der Waals surface area contributed by atoms with Gasteiger partial charge in [-0.05, 0) is 64.4 Å². The zero-order valence-corrected chi connectivity index (χ0v) is 23.2. The number of nitrogens with one attached hydrogen (secondary N) is 1. The lowest BCUT2D eigenvalue weighted by atomic mass is 9.90. The van der Waals surface area contributed by atoms with Crippen LogP contribution in [0.4, 0.5) is 4.79 Å². The summed E-state index contributed by atoms with van der Waals surface area (Å²) in [6.45, 7) is 8.48. The number of hydrazone groups is 1. The highest BCUT2D eigenvalue weighted by molar-refractivity contribution is 6.12. The fourth-order valence-electron chi connectivity index (χ4n) is 3.31. The van der Waals surface area contributed by atoms with E-state index in [1.807, 2.05) is 0 Å². The molecule has 40 heavy (non-hydrogen) atoms. The molecular formula is C29H34N2O9. The maximum absolute atomic E-state index is 13.2. The van der Waals surface area contributed by atoms with Gasteiger partial charge in [-0.3, -0.25) is 14.4 Å². The predicted molar refractivity (Wildman–Crippen MR) is 145 cm³/mol.